The van der Waals surface area contributed by atoms with Crippen LogP contribution in [0.2, 0.25) is 51.9 Å². The van der Waals surface area contributed by atoms with Gasteiger partial charge in [-0.05, 0) is 71.6 Å². The summed E-state index contributed by atoms with van der Waals surface area (Å²) in [6.07, 6.45) is -0.751. The van der Waals surface area contributed by atoms with Gasteiger partial charge in [-0.2, -0.15) is 0 Å². The Morgan fingerprint density at radius 1 is 1.04 bits per heavy atom. The maximum absolute atomic E-state index is 11.8. The predicted molar refractivity (Wildman–Crippen MR) is 112 cm³/mol. The van der Waals surface area contributed by atoms with Crippen LogP contribution in [-0.4, -0.2) is 60.2 Å². The van der Waals surface area contributed by atoms with Gasteiger partial charge in [0.25, 0.3) is 0 Å². The first-order valence-electron chi connectivity index (χ1n) is 9.14. The minimum Gasteiger partial charge on any atom is -0.456 e. The minimum absolute atomic E-state index is 0.267. The van der Waals surface area contributed by atoms with E-state index in [-0.39, 0.29) is 5.57 Å². The summed E-state index contributed by atoms with van der Waals surface area (Å²) in [5, 5.41) is 19.2. The lowest BCUT2D eigenvalue weighted by molar-refractivity contribution is -0.152. The van der Waals surface area contributed by atoms with Crippen molar-refractivity contribution < 1.29 is 28.0 Å². The van der Waals surface area contributed by atoms with Crippen LogP contribution in [0, 0.1) is 0 Å². The number of esters is 1. The summed E-state index contributed by atoms with van der Waals surface area (Å²) >= 11 is 0. The Morgan fingerprint density at radius 2 is 1.50 bits per heavy atom. The Morgan fingerprint density at radius 3 is 1.85 bits per heavy atom. The molecule has 0 amide bonds. The van der Waals surface area contributed by atoms with E-state index in [9.17, 15) is 15.0 Å². The number of carbonyl (C=O) groups excluding carboxylic acids is 1. The van der Waals surface area contributed by atoms with Gasteiger partial charge >= 0.3 is 14.5 Å². The first kappa shape index (κ1) is 25.7. The van der Waals surface area contributed by atoms with Crippen molar-refractivity contribution in [3.05, 3.63) is 12.2 Å². The van der Waals surface area contributed by atoms with Crippen LogP contribution in [0.4, 0.5) is 0 Å². The molecule has 0 aromatic rings. The number of rotatable bonds is 12. The molecule has 0 aliphatic heterocycles. The van der Waals surface area contributed by atoms with E-state index < -0.39 is 50.0 Å². The smallest absolute Gasteiger partial charge is 0.333 e. The second-order valence-electron chi connectivity index (χ2n) is 8.93. The van der Waals surface area contributed by atoms with Crippen LogP contribution in [-0.2, 0) is 17.8 Å². The molecule has 0 bridgehead atoms. The van der Waals surface area contributed by atoms with E-state index in [4.69, 9.17) is 13.0 Å². The summed E-state index contributed by atoms with van der Waals surface area (Å²) in [6, 6.07) is 0.751. The van der Waals surface area contributed by atoms with E-state index in [0.29, 0.717) is 12.8 Å². The number of hydrogen-bond acceptors (Lipinski definition) is 6. The first-order chi connectivity index (χ1) is 11.6. The average molecular weight is 423 g/mol. The van der Waals surface area contributed by atoms with Crippen molar-refractivity contribution >= 4 is 31.2 Å². The lowest BCUT2D eigenvalue weighted by atomic mass is 10.1. The van der Waals surface area contributed by atoms with Crippen molar-refractivity contribution in [2.24, 2.45) is 0 Å². The third kappa shape index (κ3) is 11.4. The number of hydrogen-bond donors (Lipinski definition) is 2. The van der Waals surface area contributed by atoms with E-state index in [0.717, 1.165) is 6.04 Å². The SMILES string of the molecule is C=C(C)C(=O)OC(CCC[Si](C)(O[Si](C)(C)C)O[Si](C)(C)C)C(O)CO. The summed E-state index contributed by atoms with van der Waals surface area (Å²) in [6.45, 7) is 19.7. The Bertz CT molecular complexity index is 454. The molecule has 6 nitrogen and oxygen atoms in total. The molecule has 9 heteroatoms. The van der Waals surface area contributed by atoms with Crippen LogP contribution in [0.1, 0.15) is 19.8 Å². The largest absolute Gasteiger partial charge is 0.456 e. The summed E-state index contributed by atoms with van der Waals surface area (Å²) in [7, 11) is -5.91. The molecule has 0 radical (unpaired) electrons. The standard InChI is InChI=1S/C17H38O6Si3/c1-14(2)17(20)21-16(15(19)13-18)11-10-12-26(9,22-24(3,4)5)23-25(6,7)8/h15-16,18-19H,1,10-13H2,2-9H3. The fourth-order valence-corrected chi connectivity index (χ4v) is 15.3. The summed E-state index contributed by atoms with van der Waals surface area (Å²) in [5.41, 5.74) is 0.267. The number of aliphatic hydroxyl groups excluding tert-OH is 2. The molecule has 2 unspecified atom stereocenters. The zero-order valence-corrected chi connectivity index (χ0v) is 20.7. The lowest BCUT2D eigenvalue weighted by Crippen LogP contribution is -2.52. The van der Waals surface area contributed by atoms with E-state index in [1.165, 1.54) is 0 Å². The van der Waals surface area contributed by atoms with Crippen LogP contribution in [0.15, 0.2) is 12.2 Å². The van der Waals surface area contributed by atoms with Crippen molar-refractivity contribution in [3.63, 3.8) is 0 Å². The summed E-state index contributed by atoms with van der Waals surface area (Å²) < 4.78 is 18.2. The molecule has 0 aromatic carbocycles. The van der Waals surface area contributed by atoms with Crippen LogP contribution < -0.4 is 0 Å². The van der Waals surface area contributed by atoms with Gasteiger partial charge in [0.2, 0.25) is 0 Å². The summed E-state index contributed by atoms with van der Waals surface area (Å²) in [4.78, 5) is 11.8. The van der Waals surface area contributed by atoms with E-state index in [1.54, 1.807) is 6.92 Å². The average Bonchev–Trinajstić information content (AvgIpc) is 2.40. The fraction of sp³-hybridized carbons (Fsp3) is 0.824. The number of ether oxygens (including phenoxy) is 1. The monoisotopic (exact) mass is 422 g/mol. The van der Waals surface area contributed by atoms with E-state index >= 15 is 0 Å². The van der Waals surface area contributed by atoms with Gasteiger partial charge in [-0.25, -0.2) is 4.79 Å². The molecule has 0 saturated carbocycles. The highest BCUT2D eigenvalue weighted by Gasteiger charge is 2.40. The Kier molecular flexibility index (Phi) is 10.2. The fourth-order valence-electron chi connectivity index (χ4n) is 2.73. The molecule has 0 fully saturated rings. The molecule has 0 aromatic heterocycles. The molecule has 2 N–H and O–H groups in total. The van der Waals surface area contributed by atoms with Gasteiger partial charge in [0, 0.05) is 5.57 Å². The van der Waals surface area contributed by atoms with Crippen LogP contribution in [0.3, 0.4) is 0 Å². The predicted octanol–water partition coefficient (Wildman–Crippen LogP) is 3.38. The van der Waals surface area contributed by atoms with Crippen molar-refractivity contribution in [3.8, 4) is 0 Å². The van der Waals surface area contributed by atoms with Gasteiger partial charge in [0.15, 0.2) is 16.6 Å². The normalized spacial score (nSPS) is 15.5. The molecule has 0 aliphatic rings. The van der Waals surface area contributed by atoms with Crippen molar-refractivity contribution in [2.45, 2.75) is 83.8 Å². The molecule has 0 rings (SSSR count). The Hall–Kier alpha value is -0.299. The highest BCUT2D eigenvalue weighted by Crippen LogP contribution is 2.27. The zero-order chi connectivity index (χ0) is 20.8. The minimum atomic E-state index is -2.37. The Labute approximate surface area is 162 Å². The van der Waals surface area contributed by atoms with Gasteiger partial charge in [-0.15, -0.1) is 0 Å². The van der Waals surface area contributed by atoms with E-state index in [2.05, 4.69) is 52.4 Å². The van der Waals surface area contributed by atoms with Gasteiger partial charge in [0.05, 0.1) is 6.61 Å². The molecule has 0 aliphatic carbocycles. The summed E-state index contributed by atoms with van der Waals surface area (Å²) in [5.74, 6) is -0.556. The van der Waals surface area contributed by atoms with Crippen LogP contribution >= 0.6 is 0 Å². The zero-order valence-electron chi connectivity index (χ0n) is 17.7. The maximum atomic E-state index is 11.8. The van der Waals surface area contributed by atoms with Crippen molar-refractivity contribution in [1.82, 2.24) is 0 Å². The van der Waals surface area contributed by atoms with Crippen molar-refractivity contribution in [1.29, 1.82) is 0 Å². The second-order valence-corrected chi connectivity index (χ2v) is 21.8. The molecule has 0 spiro atoms. The third-order valence-corrected chi connectivity index (χ3v) is 13.0. The molecular formula is C17H38O6Si3. The molecule has 0 heterocycles. The van der Waals surface area contributed by atoms with Crippen molar-refractivity contribution in [2.75, 3.05) is 6.61 Å². The quantitative estimate of drug-likeness (QED) is 0.285. The lowest BCUT2D eigenvalue weighted by Gasteiger charge is -2.38. The van der Waals surface area contributed by atoms with Gasteiger partial charge < -0.3 is 23.2 Å². The topological polar surface area (TPSA) is 85.2 Å². The van der Waals surface area contributed by atoms with Crippen LogP contribution in [0.5, 0.6) is 0 Å². The van der Waals surface area contributed by atoms with Gasteiger partial charge in [0.1, 0.15) is 12.2 Å². The maximum Gasteiger partial charge on any atom is 0.333 e. The number of aliphatic hydroxyl groups is 2. The van der Waals surface area contributed by atoms with Gasteiger partial charge in [-0.1, -0.05) is 6.58 Å². The Balaban J connectivity index is 5.01. The number of carbonyl (C=O) groups is 1. The third-order valence-electron chi connectivity index (χ3n) is 3.39. The highest BCUT2D eigenvalue weighted by molar-refractivity contribution is 6.87. The highest BCUT2D eigenvalue weighted by atomic mass is 28.5. The molecule has 0 saturated heterocycles. The van der Waals surface area contributed by atoms with Gasteiger partial charge in [-0.3, -0.25) is 0 Å². The second kappa shape index (κ2) is 10.3. The molecule has 26 heavy (non-hydrogen) atoms. The molecule has 154 valence electrons. The molecular weight excluding hydrogens is 384 g/mol. The van der Waals surface area contributed by atoms with Crippen LogP contribution in [0.25, 0.3) is 0 Å². The molecule has 2 atom stereocenters. The van der Waals surface area contributed by atoms with E-state index in [1.807, 2.05) is 0 Å². The first-order valence-corrected chi connectivity index (χ1v) is 18.5.